The van der Waals surface area contributed by atoms with E-state index in [2.05, 4.69) is 0 Å². The van der Waals surface area contributed by atoms with Crippen molar-refractivity contribution in [2.45, 2.75) is 0 Å². The molecule has 0 fully saturated rings. The normalized spacial score (nSPS) is 11.2. The molecule has 0 saturated carbocycles. The lowest BCUT2D eigenvalue weighted by atomic mass is 10.2. The highest BCUT2D eigenvalue weighted by molar-refractivity contribution is 5.57. The van der Waals surface area contributed by atoms with Crippen LogP contribution in [0.25, 0.3) is 6.08 Å². The fraction of sp³-hybridized carbons (Fsp3) is 0.385. The first kappa shape index (κ1) is 13.4. The molecule has 0 aliphatic carbocycles. The molecule has 1 aromatic carbocycles. The molecule has 1 rings (SSSR count). The predicted molar refractivity (Wildman–Crippen MR) is 66.4 cm³/mol. The molecule has 94 valence electrons. The quantitative estimate of drug-likeness (QED) is 0.713. The predicted octanol–water partition coefficient (Wildman–Crippen LogP) is 2.34. The molecule has 4 heteroatoms. The SMILES string of the molecule is COCC(=Cc1ccc(OC)c(OC)c1)OC. The number of ether oxygens (including phenoxy) is 4. The highest BCUT2D eigenvalue weighted by atomic mass is 16.5. The minimum Gasteiger partial charge on any atom is -0.499 e. The van der Waals surface area contributed by atoms with Crippen LogP contribution in [-0.4, -0.2) is 35.0 Å². The zero-order valence-corrected chi connectivity index (χ0v) is 10.6. The van der Waals surface area contributed by atoms with Crippen molar-refractivity contribution >= 4 is 6.08 Å². The van der Waals surface area contributed by atoms with Crippen molar-refractivity contribution in [1.29, 1.82) is 0 Å². The topological polar surface area (TPSA) is 36.9 Å². The first-order valence-electron chi connectivity index (χ1n) is 5.20. The molecule has 0 amide bonds. The summed E-state index contributed by atoms with van der Waals surface area (Å²) in [6.45, 7) is 0.435. The number of benzene rings is 1. The molecule has 0 N–H and O–H groups in total. The summed E-state index contributed by atoms with van der Waals surface area (Å²) in [4.78, 5) is 0. The summed E-state index contributed by atoms with van der Waals surface area (Å²) < 4.78 is 20.6. The van der Waals surface area contributed by atoms with Gasteiger partial charge in [-0.3, -0.25) is 0 Å². The molecule has 0 aliphatic heterocycles. The van der Waals surface area contributed by atoms with E-state index >= 15 is 0 Å². The Morgan fingerprint density at radius 2 is 1.76 bits per heavy atom. The van der Waals surface area contributed by atoms with Crippen LogP contribution in [0.2, 0.25) is 0 Å². The van der Waals surface area contributed by atoms with E-state index in [4.69, 9.17) is 18.9 Å². The maximum absolute atomic E-state index is 5.23. The van der Waals surface area contributed by atoms with Crippen LogP contribution in [0, 0.1) is 0 Å². The molecule has 0 aliphatic rings. The second-order valence-electron chi connectivity index (χ2n) is 3.36. The number of hydrogen-bond donors (Lipinski definition) is 0. The van der Waals surface area contributed by atoms with Gasteiger partial charge in [-0.2, -0.15) is 0 Å². The van der Waals surface area contributed by atoms with E-state index in [-0.39, 0.29) is 0 Å². The Morgan fingerprint density at radius 1 is 1.06 bits per heavy atom. The molecular weight excluding hydrogens is 220 g/mol. The van der Waals surface area contributed by atoms with Crippen molar-refractivity contribution in [2.24, 2.45) is 0 Å². The Hall–Kier alpha value is -1.68. The number of hydrogen-bond acceptors (Lipinski definition) is 4. The average molecular weight is 238 g/mol. The van der Waals surface area contributed by atoms with Crippen molar-refractivity contribution in [2.75, 3.05) is 35.0 Å². The van der Waals surface area contributed by atoms with Gasteiger partial charge in [0, 0.05) is 7.11 Å². The lowest BCUT2D eigenvalue weighted by molar-refractivity contribution is 0.161. The van der Waals surface area contributed by atoms with E-state index in [1.807, 2.05) is 24.3 Å². The van der Waals surface area contributed by atoms with E-state index in [0.717, 1.165) is 11.3 Å². The van der Waals surface area contributed by atoms with E-state index in [1.165, 1.54) is 0 Å². The number of methoxy groups -OCH3 is 4. The second-order valence-corrected chi connectivity index (χ2v) is 3.36. The second kappa shape index (κ2) is 6.81. The zero-order chi connectivity index (χ0) is 12.7. The van der Waals surface area contributed by atoms with Crippen molar-refractivity contribution in [3.8, 4) is 11.5 Å². The minimum atomic E-state index is 0.435. The summed E-state index contributed by atoms with van der Waals surface area (Å²) in [5.74, 6) is 2.14. The van der Waals surface area contributed by atoms with Gasteiger partial charge in [-0.1, -0.05) is 6.07 Å². The molecular formula is C13H18O4. The first-order valence-corrected chi connectivity index (χ1v) is 5.20. The lowest BCUT2D eigenvalue weighted by Gasteiger charge is -2.09. The maximum atomic E-state index is 5.23. The third kappa shape index (κ3) is 3.67. The van der Waals surface area contributed by atoms with Crippen LogP contribution in [-0.2, 0) is 9.47 Å². The minimum absolute atomic E-state index is 0.435. The van der Waals surface area contributed by atoms with Gasteiger partial charge in [0.1, 0.15) is 12.4 Å². The summed E-state index contributed by atoms with van der Waals surface area (Å²) in [7, 11) is 6.46. The largest absolute Gasteiger partial charge is 0.499 e. The van der Waals surface area contributed by atoms with E-state index < -0.39 is 0 Å². The summed E-state index contributed by atoms with van der Waals surface area (Å²) >= 11 is 0. The van der Waals surface area contributed by atoms with Crippen LogP contribution >= 0.6 is 0 Å². The summed E-state index contributed by atoms with van der Waals surface area (Å²) in [6.07, 6.45) is 1.89. The third-order valence-electron chi connectivity index (χ3n) is 2.28. The van der Waals surface area contributed by atoms with Crippen LogP contribution < -0.4 is 9.47 Å². The standard InChI is InChI=1S/C13H18O4/c1-14-9-11(15-2)7-10-5-6-12(16-3)13(8-10)17-4/h5-8H,9H2,1-4H3. The van der Waals surface area contributed by atoms with Gasteiger partial charge in [0.25, 0.3) is 0 Å². The maximum Gasteiger partial charge on any atom is 0.161 e. The average Bonchev–Trinajstić information content (AvgIpc) is 2.38. The Bertz CT molecular complexity index is 385. The van der Waals surface area contributed by atoms with Gasteiger partial charge < -0.3 is 18.9 Å². The van der Waals surface area contributed by atoms with E-state index in [1.54, 1.807) is 28.4 Å². The smallest absolute Gasteiger partial charge is 0.161 e. The molecule has 0 saturated heterocycles. The summed E-state index contributed by atoms with van der Waals surface area (Å²) in [5.41, 5.74) is 0.969. The fourth-order valence-corrected chi connectivity index (χ4v) is 1.43. The van der Waals surface area contributed by atoms with Gasteiger partial charge in [0.2, 0.25) is 0 Å². The molecule has 0 unspecified atom stereocenters. The molecule has 4 nitrogen and oxygen atoms in total. The first-order chi connectivity index (χ1) is 8.24. The van der Waals surface area contributed by atoms with Crippen molar-refractivity contribution in [3.05, 3.63) is 29.5 Å². The Labute approximate surface area is 102 Å². The lowest BCUT2D eigenvalue weighted by Crippen LogP contribution is -1.96. The zero-order valence-electron chi connectivity index (χ0n) is 10.6. The van der Waals surface area contributed by atoms with Gasteiger partial charge in [0.05, 0.1) is 21.3 Å². The Balaban J connectivity index is 2.98. The molecule has 0 atom stereocenters. The van der Waals surface area contributed by atoms with Gasteiger partial charge >= 0.3 is 0 Å². The molecule has 17 heavy (non-hydrogen) atoms. The molecule has 0 spiro atoms. The van der Waals surface area contributed by atoms with Crippen LogP contribution in [0.3, 0.4) is 0 Å². The Kier molecular flexibility index (Phi) is 5.36. The van der Waals surface area contributed by atoms with Crippen molar-refractivity contribution < 1.29 is 18.9 Å². The van der Waals surface area contributed by atoms with Crippen molar-refractivity contribution in [1.82, 2.24) is 0 Å². The molecule has 0 aromatic heterocycles. The summed E-state index contributed by atoms with van der Waals surface area (Å²) in [5, 5.41) is 0. The molecule has 0 radical (unpaired) electrons. The van der Waals surface area contributed by atoms with Crippen molar-refractivity contribution in [3.63, 3.8) is 0 Å². The molecule has 0 heterocycles. The van der Waals surface area contributed by atoms with Crippen LogP contribution in [0.4, 0.5) is 0 Å². The number of rotatable bonds is 6. The van der Waals surface area contributed by atoms with Gasteiger partial charge in [-0.15, -0.1) is 0 Å². The van der Waals surface area contributed by atoms with Crippen LogP contribution in [0.5, 0.6) is 11.5 Å². The van der Waals surface area contributed by atoms with Gasteiger partial charge in [-0.05, 0) is 23.8 Å². The summed E-state index contributed by atoms with van der Waals surface area (Å²) in [6, 6.07) is 5.66. The Morgan fingerprint density at radius 3 is 2.29 bits per heavy atom. The van der Waals surface area contributed by atoms with Gasteiger partial charge in [-0.25, -0.2) is 0 Å². The van der Waals surface area contributed by atoms with Crippen LogP contribution in [0.1, 0.15) is 5.56 Å². The fourth-order valence-electron chi connectivity index (χ4n) is 1.43. The monoisotopic (exact) mass is 238 g/mol. The van der Waals surface area contributed by atoms with E-state index in [0.29, 0.717) is 18.1 Å². The molecule has 1 aromatic rings. The third-order valence-corrected chi connectivity index (χ3v) is 2.28. The molecule has 0 bridgehead atoms. The van der Waals surface area contributed by atoms with E-state index in [9.17, 15) is 0 Å². The highest BCUT2D eigenvalue weighted by Gasteiger charge is 2.04. The van der Waals surface area contributed by atoms with Gasteiger partial charge in [0.15, 0.2) is 11.5 Å². The van der Waals surface area contributed by atoms with Crippen LogP contribution in [0.15, 0.2) is 24.0 Å². The highest BCUT2D eigenvalue weighted by Crippen LogP contribution is 2.28.